The van der Waals surface area contributed by atoms with E-state index in [1.54, 1.807) is 7.11 Å². The summed E-state index contributed by atoms with van der Waals surface area (Å²) < 4.78 is 15.8. The van der Waals surface area contributed by atoms with E-state index in [4.69, 9.17) is 14.2 Å². The molecule has 2 rings (SSSR count). The fourth-order valence-electron chi connectivity index (χ4n) is 1.88. The van der Waals surface area contributed by atoms with E-state index in [0.717, 1.165) is 11.5 Å². The molecule has 1 aromatic carbocycles. The standard InChI is InChI=1S/C15H16O4/c1-17-13-9-8-11(15(16)18-2)10-14(13)19-12-6-4-3-5-7-12/h3-8H,9-10H2,1-2H3. The van der Waals surface area contributed by atoms with Gasteiger partial charge in [0.15, 0.2) is 0 Å². The first-order valence-electron chi connectivity index (χ1n) is 6.01. The molecule has 0 atom stereocenters. The molecule has 0 heterocycles. The predicted molar refractivity (Wildman–Crippen MR) is 70.4 cm³/mol. The van der Waals surface area contributed by atoms with Gasteiger partial charge in [0.05, 0.1) is 14.2 Å². The van der Waals surface area contributed by atoms with E-state index in [1.807, 2.05) is 36.4 Å². The molecule has 0 amide bonds. The first kappa shape index (κ1) is 13.2. The zero-order valence-electron chi connectivity index (χ0n) is 11.0. The van der Waals surface area contributed by atoms with Crippen LogP contribution in [0.25, 0.3) is 0 Å². The summed E-state index contributed by atoms with van der Waals surface area (Å²) in [5.41, 5.74) is 0.592. The number of ether oxygens (including phenoxy) is 3. The summed E-state index contributed by atoms with van der Waals surface area (Å²) in [6.45, 7) is 0. The summed E-state index contributed by atoms with van der Waals surface area (Å²) in [4.78, 5) is 11.6. The summed E-state index contributed by atoms with van der Waals surface area (Å²) in [6.07, 6.45) is 2.72. The normalized spacial score (nSPS) is 14.7. The lowest BCUT2D eigenvalue weighted by Crippen LogP contribution is -2.14. The van der Waals surface area contributed by atoms with Crippen LogP contribution >= 0.6 is 0 Å². The summed E-state index contributed by atoms with van der Waals surface area (Å²) in [6, 6.07) is 9.41. The zero-order chi connectivity index (χ0) is 13.7. The van der Waals surface area contributed by atoms with Gasteiger partial charge in [0.2, 0.25) is 0 Å². The molecule has 0 N–H and O–H groups in total. The highest BCUT2D eigenvalue weighted by Crippen LogP contribution is 2.28. The van der Waals surface area contributed by atoms with Crippen LogP contribution in [-0.4, -0.2) is 20.2 Å². The van der Waals surface area contributed by atoms with Crippen LogP contribution in [0.1, 0.15) is 12.8 Å². The number of allylic oxidation sites excluding steroid dienone is 2. The molecule has 0 spiro atoms. The van der Waals surface area contributed by atoms with Gasteiger partial charge in [-0.05, 0) is 12.1 Å². The first-order chi connectivity index (χ1) is 9.24. The highest BCUT2D eigenvalue weighted by atomic mass is 16.5. The summed E-state index contributed by atoms with van der Waals surface area (Å²) in [5, 5.41) is 0. The van der Waals surface area contributed by atoms with E-state index >= 15 is 0 Å². The van der Waals surface area contributed by atoms with Crippen molar-refractivity contribution in [3.8, 4) is 5.75 Å². The molecular formula is C15H16O4. The van der Waals surface area contributed by atoms with Crippen molar-refractivity contribution in [1.82, 2.24) is 0 Å². The molecule has 1 aliphatic rings. The highest BCUT2D eigenvalue weighted by molar-refractivity contribution is 5.89. The van der Waals surface area contributed by atoms with Crippen LogP contribution < -0.4 is 4.74 Å². The molecule has 0 aliphatic heterocycles. The molecule has 4 heteroatoms. The van der Waals surface area contributed by atoms with Crippen molar-refractivity contribution in [1.29, 1.82) is 0 Å². The number of hydrogen-bond donors (Lipinski definition) is 0. The first-order valence-corrected chi connectivity index (χ1v) is 6.01. The number of para-hydroxylation sites is 1. The summed E-state index contributed by atoms with van der Waals surface area (Å²) in [7, 11) is 2.97. The van der Waals surface area contributed by atoms with Crippen LogP contribution in [0, 0.1) is 0 Å². The quantitative estimate of drug-likeness (QED) is 0.781. The van der Waals surface area contributed by atoms with Gasteiger partial charge < -0.3 is 14.2 Å². The maximum Gasteiger partial charge on any atom is 0.333 e. The van der Waals surface area contributed by atoms with Crippen molar-refractivity contribution in [2.75, 3.05) is 14.2 Å². The Morgan fingerprint density at radius 3 is 2.47 bits per heavy atom. The van der Waals surface area contributed by atoms with Crippen molar-refractivity contribution >= 4 is 5.97 Å². The van der Waals surface area contributed by atoms with E-state index in [0.29, 0.717) is 24.2 Å². The summed E-state index contributed by atoms with van der Waals surface area (Å²) >= 11 is 0. The predicted octanol–water partition coefficient (Wildman–Crippen LogP) is 2.82. The average molecular weight is 260 g/mol. The number of hydrogen-bond acceptors (Lipinski definition) is 4. The maximum absolute atomic E-state index is 11.6. The lowest BCUT2D eigenvalue weighted by Gasteiger charge is -2.19. The molecule has 0 fully saturated rings. The largest absolute Gasteiger partial charge is 0.497 e. The van der Waals surface area contributed by atoms with Gasteiger partial charge in [0.25, 0.3) is 0 Å². The summed E-state index contributed by atoms with van der Waals surface area (Å²) in [5.74, 6) is 1.77. The van der Waals surface area contributed by atoms with Crippen LogP contribution in [0.15, 0.2) is 53.5 Å². The SMILES string of the molecule is COC(=O)C1=CCC(OC)=C(Oc2ccccc2)C1. The third-order valence-electron chi connectivity index (χ3n) is 2.87. The van der Waals surface area contributed by atoms with Crippen LogP contribution in [0.5, 0.6) is 5.75 Å². The fraction of sp³-hybridized carbons (Fsp3) is 0.267. The molecule has 0 aromatic heterocycles. The van der Waals surface area contributed by atoms with Gasteiger partial charge in [-0.15, -0.1) is 0 Å². The Morgan fingerprint density at radius 1 is 1.11 bits per heavy atom. The minimum Gasteiger partial charge on any atom is -0.497 e. The highest BCUT2D eigenvalue weighted by Gasteiger charge is 2.21. The van der Waals surface area contributed by atoms with Crippen molar-refractivity contribution in [2.24, 2.45) is 0 Å². The topological polar surface area (TPSA) is 44.8 Å². The van der Waals surface area contributed by atoms with Crippen molar-refractivity contribution in [2.45, 2.75) is 12.8 Å². The van der Waals surface area contributed by atoms with Crippen LogP contribution in [-0.2, 0) is 14.3 Å². The number of carbonyl (C=O) groups excluding carboxylic acids is 1. The molecule has 0 bridgehead atoms. The molecule has 0 saturated heterocycles. The van der Waals surface area contributed by atoms with Crippen molar-refractivity contribution in [3.05, 3.63) is 53.5 Å². The molecule has 4 nitrogen and oxygen atoms in total. The third-order valence-corrected chi connectivity index (χ3v) is 2.87. The zero-order valence-corrected chi connectivity index (χ0v) is 11.0. The lowest BCUT2D eigenvalue weighted by molar-refractivity contribution is -0.136. The third kappa shape index (κ3) is 3.16. The molecule has 0 saturated carbocycles. The van der Waals surface area contributed by atoms with E-state index in [9.17, 15) is 4.79 Å². The minimum absolute atomic E-state index is 0.329. The molecular weight excluding hydrogens is 244 g/mol. The Hall–Kier alpha value is -2.23. The Labute approximate surface area is 112 Å². The van der Waals surface area contributed by atoms with Crippen LogP contribution in [0.3, 0.4) is 0 Å². The number of benzene rings is 1. The molecule has 0 radical (unpaired) electrons. The van der Waals surface area contributed by atoms with E-state index < -0.39 is 0 Å². The second-order valence-corrected chi connectivity index (χ2v) is 4.07. The number of esters is 1. The lowest BCUT2D eigenvalue weighted by atomic mass is 10.0. The maximum atomic E-state index is 11.6. The Balaban J connectivity index is 2.16. The smallest absolute Gasteiger partial charge is 0.333 e. The molecule has 1 aliphatic carbocycles. The second kappa shape index (κ2) is 6.09. The molecule has 1 aromatic rings. The van der Waals surface area contributed by atoms with Gasteiger partial charge in [0.1, 0.15) is 17.3 Å². The second-order valence-electron chi connectivity index (χ2n) is 4.07. The Morgan fingerprint density at radius 2 is 1.84 bits per heavy atom. The number of rotatable bonds is 4. The van der Waals surface area contributed by atoms with E-state index in [-0.39, 0.29) is 5.97 Å². The number of carbonyl (C=O) groups is 1. The molecule has 19 heavy (non-hydrogen) atoms. The van der Waals surface area contributed by atoms with Crippen LogP contribution in [0.2, 0.25) is 0 Å². The molecule has 100 valence electrons. The van der Waals surface area contributed by atoms with Gasteiger partial charge in [-0.3, -0.25) is 0 Å². The van der Waals surface area contributed by atoms with Crippen molar-refractivity contribution in [3.63, 3.8) is 0 Å². The van der Waals surface area contributed by atoms with E-state index in [2.05, 4.69) is 0 Å². The molecule has 0 unspecified atom stereocenters. The van der Waals surface area contributed by atoms with Gasteiger partial charge in [-0.25, -0.2) is 4.79 Å². The minimum atomic E-state index is -0.329. The van der Waals surface area contributed by atoms with Gasteiger partial charge >= 0.3 is 5.97 Å². The fourth-order valence-corrected chi connectivity index (χ4v) is 1.88. The van der Waals surface area contributed by atoms with Crippen molar-refractivity contribution < 1.29 is 19.0 Å². The average Bonchev–Trinajstić information content (AvgIpc) is 2.47. The Kier molecular flexibility index (Phi) is 4.23. The number of methoxy groups -OCH3 is 2. The van der Waals surface area contributed by atoms with Gasteiger partial charge in [-0.1, -0.05) is 24.3 Å². The Bertz CT molecular complexity index is 514. The van der Waals surface area contributed by atoms with Crippen LogP contribution in [0.4, 0.5) is 0 Å². The monoisotopic (exact) mass is 260 g/mol. The van der Waals surface area contributed by atoms with Gasteiger partial charge in [-0.2, -0.15) is 0 Å². The van der Waals surface area contributed by atoms with Gasteiger partial charge in [0, 0.05) is 18.4 Å². The van der Waals surface area contributed by atoms with E-state index in [1.165, 1.54) is 7.11 Å².